The van der Waals surface area contributed by atoms with Crippen LogP contribution in [0.15, 0.2) is 40.8 Å². The molecule has 2 rings (SSSR count). The van der Waals surface area contributed by atoms with E-state index >= 15 is 0 Å². The van der Waals surface area contributed by atoms with E-state index in [0.717, 1.165) is 17.6 Å². The molecule has 0 aliphatic heterocycles. The number of hydrogen-bond acceptors (Lipinski definition) is 2. The van der Waals surface area contributed by atoms with Crippen LogP contribution in [0.1, 0.15) is 36.9 Å². The van der Waals surface area contributed by atoms with E-state index in [1.165, 1.54) is 5.56 Å². The quantitative estimate of drug-likeness (QED) is 0.726. The number of aldehydes is 1. The smallest absolute Gasteiger partial charge is 0.185 e. The van der Waals surface area contributed by atoms with Crippen molar-refractivity contribution in [2.24, 2.45) is 0 Å². The van der Waals surface area contributed by atoms with Crippen molar-refractivity contribution in [2.75, 3.05) is 0 Å². The van der Waals surface area contributed by atoms with Gasteiger partial charge in [0, 0.05) is 5.56 Å². The molecule has 0 aliphatic carbocycles. The van der Waals surface area contributed by atoms with Crippen LogP contribution in [-0.4, -0.2) is 6.29 Å². The van der Waals surface area contributed by atoms with Gasteiger partial charge in [-0.1, -0.05) is 45.0 Å². The second-order valence-electron chi connectivity index (χ2n) is 5.12. The third-order valence-corrected chi connectivity index (χ3v) is 2.74. The fourth-order valence-electron chi connectivity index (χ4n) is 1.91. The molecule has 0 spiro atoms. The molecule has 0 unspecified atom stereocenters. The van der Waals surface area contributed by atoms with Crippen LogP contribution in [-0.2, 0) is 5.41 Å². The van der Waals surface area contributed by atoms with Gasteiger partial charge < -0.3 is 4.42 Å². The maximum atomic E-state index is 10.6. The Labute approximate surface area is 101 Å². The standard InChI is InChI=1S/C15H16O2/c1-15(2,3)13-7-5-4-6-12(13)14-9-8-11(10-16)17-14/h4-10H,1-3H3. The Morgan fingerprint density at radius 1 is 1.06 bits per heavy atom. The first-order valence-electron chi connectivity index (χ1n) is 5.67. The van der Waals surface area contributed by atoms with Crippen LogP contribution >= 0.6 is 0 Å². The molecule has 0 radical (unpaired) electrons. The van der Waals surface area contributed by atoms with Crippen molar-refractivity contribution in [2.45, 2.75) is 26.2 Å². The van der Waals surface area contributed by atoms with E-state index in [4.69, 9.17) is 4.42 Å². The highest BCUT2D eigenvalue weighted by atomic mass is 16.3. The Bertz CT molecular complexity index is 530. The maximum Gasteiger partial charge on any atom is 0.185 e. The molecule has 88 valence electrons. The predicted molar refractivity (Wildman–Crippen MR) is 68.2 cm³/mol. The first-order valence-corrected chi connectivity index (χ1v) is 5.67. The predicted octanol–water partition coefficient (Wildman–Crippen LogP) is 4.06. The Balaban J connectivity index is 2.55. The number of hydrogen-bond donors (Lipinski definition) is 0. The molecular weight excluding hydrogens is 212 g/mol. The molecule has 0 N–H and O–H groups in total. The third-order valence-electron chi connectivity index (χ3n) is 2.74. The van der Waals surface area contributed by atoms with Crippen LogP contribution in [0.4, 0.5) is 0 Å². The third kappa shape index (κ3) is 2.31. The van der Waals surface area contributed by atoms with Gasteiger partial charge in [0.05, 0.1) is 0 Å². The van der Waals surface area contributed by atoms with Crippen LogP contribution in [0.3, 0.4) is 0 Å². The van der Waals surface area contributed by atoms with Gasteiger partial charge in [0.15, 0.2) is 12.0 Å². The molecule has 2 nitrogen and oxygen atoms in total. The summed E-state index contributed by atoms with van der Waals surface area (Å²) in [5.74, 6) is 1.11. The summed E-state index contributed by atoms with van der Waals surface area (Å²) in [6, 6.07) is 11.7. The number of carbonyl (C=O) groups excluding carboxylic acids is 1. The topological polar surface area (TPSA) is 30.2 Å². The zero-order chi connectivity index (χ0) is 12.5. The van der Waals surface area contributed by atoms with Crippen LogP contribution in [0.5, 0.6) is 0 Å². The monoisotopic (exact) mass is 228 g/mol. The maximum absolute atomic E-state index is 10.6. The van der Waals surface area contributed by atoms with Crippen molar-refractivity contribution in [3.63, 3.8) is 0 Å². The average Bonchev–Trinajstić information content (AvgIpc) is 2.76. The number of rotatable bonds is 2. The molecule has 17 heavy (non-hydrogen) atoms. The molecule has 0 bridgehead atoms. The summed E-state index contributed by atoms with van der Waals surface area (Å²) < 4.78 is 5.49. The lowest BCUT2D eigenvalue weighted by Crippen LogP contribution is -2.12. The molecule has 1 aromatic carbocycles. The average molecular weight is 228 g/mol. The second kappa shape index (κ2) is 4.21. The van der Waals surface area contributed by atoms with Gasteiger partial charge in [0.2, 0.25) is 0 Å². The zero-order valence-electron chi connectivity index (χ0n) is 10.4. The minimum absolute atomic E-state index is 0.0464. The number of carbonyl (C=O) groups is 1. The van der Waals surface area contributed by atoms with Crippen LogP contribution in [0, 0.1) is 0 Å². The minimum Gasteiger partial charge on any atom is -0.453 e. The van der Waals surface area contributed by atoms with Crippen molar-refractivity contribution >= 4 is 6.29 Å². The molecule has 1 aromatic heterocycles. The summed E-state index contributed by atoms with van der Waals surface area (Å²) in [7, 11) is 0. The molecule has 0 atom stereocenters. The van der Waals surface area contributed by atoms with Gasteiger partial charge >= 0.3 is 0 Å². The van der Waals surface area contributed by atoms with Gasteiger partial charge in [-0.3, -0.25) is 4.79 Å². The van der Waals surface area contributed by atoms with Crippen molar-refractivity contribution < 1.29 is 9.21 Å². The van der Waals surface area contributed by atoms with Crippen LogP contribution in [0.25, 0.3) is 11.3 Å². The fourth-order valence-corrected chi connectivity index (χ4v) is 1.91. The van der Waals surface area contributed by atoms with Crippen molar-refractivity contribution in [3.05, 3.63) is 47.7 Å². The summed E-state index contributed by atoms with van der Waals surface area (Å²) >= 11 is 0. The van der Waals surface area contributed by atoms with Gasteiger partial charge in [0.1, 0.15) is 5.76 Å². The van der Waals surface area contributed by atoms with E-state index < -0.39 is 0 Å². The molecule has 1 heterocycles. The van der Waals surface area contributed by atoms with E-state index in [0.29, 0.717) is 5.76 Å². The van der Waals surface area contributed by atoms with E-state index in [2.05, 4.69) is 26.8 Å². The summed E-state index contributed by atoms with van der Waals surface area (Å²) in [6.07, 6.45) is 0.725. The van der Waals surface area contributed by atoms with Crippen molar-refractivity contribution in [1.29, 1.82) is 0 Å². The van der Waals surface area contributed by atoms with Crippen molar-refractivity contribution in [3.8, 4) is 11.3 Å². The minimum atomic E-state index is 0.0464. The highest BCUT2D eigenvalue weighted by molar-refractivity contribution is 5.73. The normalized spacial score (nSPS) is 11.5. The molecule has 0 amide bonds. The van der Waals surface area contributed by atoms with Crippen LogP contribution in [0.2, 0.25) is 0 Å². The van der Waals surface area contributed by atoms with E-state index in [9.17, 15) is 4.79 Å². The summed E-state index contributed by atoms with van der Waals surface area (Å²) in [5.41, 5.74) is 2.31. The van der Waals surface area contributed by atoms with Gasteiger partial charge in [-0.2, -0.15) is 0 Å². The number of benzene rings is 1. The zero-order valence-corrected chi connectivity index (χ0v) is 10.4. The molecular formula is C15H16O2. The molecule has 0 aliphatic rings. The molecule has 2 heteroatoms. The molecule has 0 fully saturated rings. The largest absolute Gasteiger partial charge is 0.453 e. The first kappa shape index (κ1) is 11.6. The lowest BCUT2D eigenvalue weighted by atomic mass is 9.83. The Morgan fingerprint density at radius 3 is 2.35 bits per heavy atom. The SMILES string of the molecule is CC(C)(C)c1ccccc1-c1ccc(C=O)o1. The van der Waals surface area contributed by atoms with Gasteiger partial charge in [-0.25, -0.2) is 0 Å². The molecule has 0 saturated heterocycles. The molecule has 0 saturated carbocycles. The van der Waals surface area contributed by atoms with E-state index in [1.807, 2.05) is 24.3 Å². The van der Waals surface area contributed by atoms with Gasteiger partial charge in [-0.15, -0.1) is 0 Å². The first-order chi connectivity index (χ1) is 8.02. The van der Waals surface area contributed by atoms with Crippen molar-refractivity contribution in [1.82, 2.24) is 0 Å². The lowest BCUT2D eigenvalue weighted by Gasteiger charge is -2.21. The highest BCUT2D eigenvalue weighted by Gasteiger charge is 2.19. The summed E-state index contributed by atoms with van der Waals surface area (Å²) in [5, 5.41) is 0. The van der Waals surface area contributed by atoms with E-state index in [1.54, 1.807) is 6.07 Å². The Hall–Kier alpha value is -1.83. The number of furan rings is 1. The van der Waals surface area contributed by atoms with Gasteiger partial charge in [-0.05, 0) is 23.1 Å². The van der Waals surface area contributed by atoms with E-state index in [-0.39, 0.29) is 5.41 Å². The summed E-state index contributed by atoms with van der Waals surface area (Å²) in [6.45, 7) is 6.49. The Morgan fingerprint density at radius 2 is 1.76 bits per heavy atom. The molecule has 2 aromatic rings. The summed E-state index contributed by atoms with van der Waals surface area (Å²) in [4.78, 5) is 10.6. The van der Waals surface area contributed by atoms with Gasteiger partial charge in [0.25, 0.3) is 0 Å². The highest BCUT2D eigenvalue weighted by Crippen LogP contribution is 2.33. The van der Waals surface area contributed by atoms with Crippen LogP contribution < -0.4 is 0 Å². The fraction of sp³-hybridized carbons (Fsp3) is 0.267. The lowest BCUT2D eigenvalue weighted by molar-refractivity contribution is 0.110. The Kier molecular flexibility index (Phi) is 2.88. The second-order valence-corrected chi connectivity index (χ2v) is 5.12.